The number of carboxylic acid groups (broad SMARTS) is 1. The molecule has 2 aromatic carbocycles. The average Bonchev–Trinajstić information content (AvgIpc) is 3.24. The molecule has 1 saturated heterocycles. The minimum Gasteiger partial charge on any atom is -0.548 e. The molecule has 1 aliphatic heterocycles. The molecule has 4 rings (SSSR count). The first-order valence-electron chi connectivity index (χ1n) is 10.4. The van der Waals surface area contributed by atoms with E-state index in [9.17, 15) is 23.5 Å². The Morgan fingerprint density at radius 1 is 1.03 bits per heavy atom. The van der Waals surface area contributed by atoms with E-state index < -0.39 is 24.1 Å². The second-order valence-corrected chi connectivity index (χ2v) is 8.01. The number of benzene rings is 2. The molecule has 0 bridgehead atoms. The van der Waals surface area contributed by atoms with Gasteiger partial charge in [-0.3, -0.25) is 9.69 Å². The number of carbonyl (C=O) groups excluding carboxylic acids is 1. The first-order valence-corrected chi connectivity index (χ1v) is 10.4. The summed E-state index contributed by atoms with van der Waals surface area (Å²) in [6.07, 6.45) is 2.64. The third-order valence-corrected chi connectivity index (χ3v) is 5.84. The molecule has 1 fully saturated rings. The zero-order valence-corrected chi connectivity index (χ0v) is 20.1. The summed E-state index contributed by atoms with van der Waals surface area (Å²) in [5.74, 6) is -3.15. The Labute approximate surface area is 207 Å². The van der Waals surface area contributed by atoms with E-state index in [0.29, 0.717) is 16.6 Å². The van der Waals surface area contributed by atoms with E-state index in [1.807, 2.05) is 12.1 Å². The maximum Gasteiger partial charge on any atom is 1.00 e. The van der Waals surface area contributed by atoms with Crippen LogP contribution < -0.4 is 40.1 Å². The zero-order chi connectivity index (χ0) is 22.0. The number of aryl methyl sites for hydroxylation is 2. The first-order chi connectivity index (χ1) is 14.9. The van der Waals surface area contributed by atoms with Crippen LogP contribution >= 0.6 is 0 Å². The molecule has 0 spiro atoms. The number of fused-ring (bicyclic) bond motifs is 1. The van der Waals surface area contributed by atoms with E-state index in [1.54, 1.807) is 6.07 Å². The van der Waals surface area contributed by atoms with Crippen LogP contribution in [0.2, 0.25) is 0 Å². The zero-order valence-electron chi connectivity index (χ0n) is 18.1. The van der Waals surface area contributed by atoms with E-state index in [-0.39, 0.29) is 53.4 Å². The summed E-state index contributed by atoms with van der Waals surface area (Å²) in [6, 6.07) is 10.8. The molecule has 0 atom stereocenters. The Hall–Kier alpha value is -2.06. The number of pyridine rings is 1. The number of hydrogen-bond donors (Lipinski definition) is 0. The maximum atomic E-state index is 14.0. The summed E-state index contributed by atoms with van der Waals surface area (Å²) in [4.78, 5) is 26.5. The molecule has 0 N–H and O–H groups in total. The smallest absolute Gasteiger partial charge is 0.548 e. The molecule has 0 radical (unpaired) electrons. The van der Waals surface area contributed by atoms with Crippen molar-refractivity contribution < 1.29 is 48.2 Å². The van der Waals surface area contributed by atoms with Crippen molar-refractivity contribution in [2.45, 2.75) is 38.8 Å². The maximum absolute atomic E-state index is 14.0. The molecule has 0 amide bonds. The second-order valence-electron chi connectivity index (χ2n) is 8.01. The van der Waals surface area contributed by atoms with Gasteiger partial charge in [-0.15, -0.1) is 0 Å². The van der Waals surface area contributed by atoms with Crippen molar-refractivity contribution in [1.29, 1.82) is 0 Å². The van der Waals surface area contributed by atoms with Gasteiger partial charge in [0.15, 0.2) is 17.1 Å². The van der Waals surface area contributed by atoms with Gasteiger partial charge in [0.25, 0.3) is 0 Å². The first kappa shape index (κ1) is 24.6. The second kappa shape index (κ2) is 10.7. The van der Waals surface area contributed by atoms with Crippen LogP contribution in [0.4, 0.5) is 8.78 Å². The van der Waals surface area contributed by atoms with Gasteiger partial charge in [0.2, 0.25) is 0 Å². The topological polar surface area (TPSA) is 65.4 Å². The third kappa shape index (κ3) is 5.46. The van der Waals surface area contributed by atoms with Crippen molar-refractivity contribution >= 4 is 16.9 Å². The van der Waals surface area contributed by atoms with Crippen molar-refractivity contribution in [3.8, 4) is 0 Å². The summed E-state index contributed by atoms with van der Waals surface area (Å²) in [5, 5.41) is 11.9. The van der Waals surface area contributed by atoms with E-state index in [4.69, 9.17) is 0 Å². The van der Waals surface area contributed by atoms with Gasteiger partial charge < -0.3 is 14.5 Å². The van der Waals surface area contributed by atoms with Crippen LogP contribution in [0.3, 0.4) is 0 Å². The largest absolute Gasteiger partial charge is 1.00 e. The molecule has 1 aliphatic rings. The molecular weight excluding hydrogens is 425 g/mol. The number of likely N-dealkylation sites (tertiary alicyclic amines) is 1. The average molecular weight is 448 g/mol. The van der Waals surface area contributed by atoms with Crippen molar-refractivity contribution in [2.75, 3.05) is 13.1 Å². The van der Waals surface area contributed by atoms with Gasteiger partial charge in [0.05, 0.1) is 18.0 Å². The summed E-state index contributed by atoms with van der Waals surface area (Å²) in [5.41, 5.74) is 1.91. The number of hydrogen-bond acceptors (Lipinski definition) is 4. The number of rotatable bonds is 7. The van der Waals surface area contributed by atoms with Gasteiger partial charge in [0.1, 0.15) is 0 Å². The Balaban J connectivity index is 0.00000289. The van der Waals surface area contributed by atoms with Gasteiger partial charge in [-0.25, -0.2) is 8.78 Å². The predicted octanol–water partition coefficient (Wildman–Crippen LogP) is -0.585. The molecule has 3 aromatic rings. The van der Waals surface area contributed by atoms with Gasteiger partial charge >= 0.3 is 29.6 Å². The summed E-state index contributed by atoms with van der Waals surface area (Å²) >= 11 is 0. The Morgan fingerprint density at radius 2 is 1.78 bits per heavy atom. The van der Waals surface area contributed by atoms with Crippen LogP contribution in [0.5, 0.6) is 0 Å². The molecule has 32 heavy (non-hydrogen) atoms. The summed E-state index contributed by atoms with van der Waals surface area (Å²) < 4.78 is 29.1. The van der Waals surface area contributed by atoms with Gasteiger partial charge in [-0.1, -0.05) is 18.2 Å². The molecule has 0 aliphatic carbocycles. The molecule has 8 heteroatoms. The number of nitrogens with zero attached hydrogens (tertiary/aromatic N) is 2. The van der Waals surface area contributed by atoms with Gasteiger partial charge in [0, 0.05) is 23.7 Å². The minimum atomic E-state index is -1.28. The molecule has 0 unspecified atom stereocenters. The molecular formula is C24H23F2N2NaO3. The van der Waals surface area contributed by atoms with Crippen LogP contribution in [-0.4, -0.2) is 28.5 Å². The number of aliphatic carboxylic acids is 1. The normalized spacial score (nSPS) is 13.9. The Bertz CT molecular complexity index is 1190. The number of aromatic nitrogens is 1. The predicted molar refractivity (Wildman–Crippen MR) is 111 cm³/mol. The van der Waals surface area contributed by atoms with Crippen molar-refractivity contribution in [3.63, 3.8) is 0 Å². The Kier molecular flexibility index (Phi) is 8.22. The number of carboxylic acids is 1. The minimum absolute atomic E-state index is 0. The fourth-order valence-electron chi connectivity index (χ4n) is 4.30. The van der Waals surface area contributed by atoms with Gasteiger partial charge in [-0.05, 0) is 68.1 Å². The monoisotopic (exact) mass is 448 g/mol. The molecule has 2 heterocycles. The van der Waals surface area contributed by atoms with Crippen LogP contribution in [0.1, 0.15) is 29.7 Å². The fraction of sp³-hybridized carbons (Fsp3) is 0.333. The van der Waals surface area contributed by atoms with Crippen LogP contribution in [0, 0.1) is 11.6 Å². The molecule has 1 aromatic heterocycles. The van der Waals surface area contributed by atoms with E-state index in [2.05, 4.69) is 4.90 Å². The molecule has 0 saturated carbocycles. The van der Waals surface area contributed by atoms with Crippen molar-refractivity contribution in [1.82, 2.24) is 9.47 Å². The Morgan fingerprint density at radius 3 is 2.50 bits per heavy atom. The molecule has 5 nitrogen and oxygen atoms in total. The van der Waals surface area contributed by atoms with Crippen LogP contribution in [0.25, 0.3) is 10.9 Å². The van der Waals surface area contributed by atoms with E-state index in [0.717, 1.165) is 44.1 Å². The van der Waals surface area contributed by atoms with E-state index >= 15 is 0 Å². The number of halogens is 2. The summed E-state index contributed by atoms with van der Waals surface area (Å²) in [6.45, 7) is 2.34. The SMILES string of the molecule is O=C([O-])Cn1c(CCc2cccc(F)c2F)cc(=O)c2ccc(CN3CCCC3)cc21.[Na+]. The van der Waals surface area contributed by atoms with Crippen molar-refractivity contribution in [3.05, 3.63) is 81.1 Å². The molecule has 162 valence electrons. The van der Waals surface area contributed by atoms with Crippen LogP contribution in [0.15, 0.2) is 47.3 Å². The van der Waals surface area contributed by atoms with Gasteiger partial charge in [-0.2, -0.15) is 0 Å². The quantitative estimate of drug-likeness (QED) is 0.454. The van der Waals surface area contributed by atoms with Crippen LogP contribution in [-0.2, 0) is 30.7 Å². The van der Waals surface area contributed by atoms with Crippen molar-refractivity contribution in [2.24, 2.45) is 0 Å². The standard InChI is InChI=1S/C24H24F2N2O3.Na/c25-20-5-3-4-17(24(20)26)7-8-18-13-22(29)19-9-6-16(14-27-10-1-2-11-27)12-21(19)28(18)15-23(30)31;/h3-6,9,12-13H,1-2,7-8,10-11,14-15H2,(H,30,31);/q;+1/p-1. The fourth-order valence-corrected chi connectivity index (χ4v) is 4.30. The number of carbonyl (C=O) groups is 1. The third-order valence-electron chi connectivity index (χ3n) is 5.84. The van der Waals surface area contributed by atoms with E-state index in [1.165, 1.54) is 22.8 Å². The summed E-state index contributed by atoms with van der Waals surface area (Å²) in [7, 11) is 0.